The molecule has 6 atom stereocenters. The second-order valence-corrected chi connectivity index (χ2v) is 25.5. The van der Waals surface area contributed by atoms with Crippen molar-refractivity contribution in [2.75, 3.05) is 66.5 Å². The maximum atomic E-state index is 13.8. The van der Waals surface area contributed by atoms with Gasteiger partial charge in [0.05, 0.1) is 23.3 Å². The molecule has 3 N–H and O–H groups in total. The molecule has 6 aromatic rings. The third-order valence-electron chi connectivity index (χ3n) is 19.5. The quantitative estimate of drug-likeness (QED) is 0.0499. The van der Waals surface area contributed by atoms with Crippen LogP contribution in [-0.4, -0.2) is 127 Å². The van der Waals surface area contributed by atoms with Crippen LogP contribution in [0.2, 0.25) is 0 Å². The standard InChI is InChI=1S/C49H59F2N3O4.C23H27FO3.C4H10N2/c1-9-48(33(3)4,44(55)40-19-23-42(50)24-20-40)31-36-11-15-38(16-12-36)34(5)46(57)53-27-29-54(30-28-53)47(58)35(6)39-17-13-37(14-18-39)32-49(10-2,52(7)8)45(56)41-21-25-43(51)26-22-41;1-5-23(15(2)3,21(25)19-10-12-20(24)13-11-19)14-17-6-8-18(9-7-17)16(4)22(26)27;1-2-6-4-3-5-1/h11-26,33-35H,9-10,27-32H2,1-8H3;6-13,15-16H,5,14H2,1-4H3,(H,26,27);5-6H,1-4H2. The van der Waals surface area contributed by atoms with E-state index in [4.69, 9.17) is 5.11 Å². The second-order valence-electron chi connectivity index (χ2n) is 25.5. The fourth-order valence-corrected chi connectivity index (χ4v) is 12.7. The lowest BCUT2D eigenvalue weighted by Gasteiger charge is -2.38. The van der Waals surface area contributed by atoms with Crippen LogP contribution >= 0.6 is 0 Å². The summed E-state index contributed by atoms with van der Waals surface area (Å²) >= 11 is 0. The van der Waals surface area contributed by atoms with Crippen molar-refractivity contribution < 1.29 is 47.0 Å². The smallest absolute Gasteiger partial charge is 0.310 e. The summed E-state index contributed by atoms with van der Waals surface area (Å²) in [5.41, 5.74) is 4.89. The molecule has 0 radical (unpaired) electrons. The van der Waals surface area contributed by atoms with Gasteiger partial charge in [-0.05, 0) is 191 Å². The van der Waals surface area contributed by atoms with Gasteiger partial charge in [-0.2, -0.15) is 0 Å². The van der Waals surface area contributed by atoms with Crippen molar-refractivity contribution in [2.24, 2.45) is 22.7 Å². The third-order valence-corrected chi connectivity index (χ3v) is 19.5. The lowest BCUT2D eigenvalue weighted by molar-refractivity contribution is -0.140. The van der Waals surface area contributed by atoms with Crippen LogP contribution in [0, 0.1) is 40.1 Å². The second kappa shape index (κ2) is 33.1. The molecule has 2 aliphatic heterocycles. The van der Waals surface area contributed by atoms with Crippen molar-refractivity contribution in [2.45, 2.75) is 131 Å². The Kier molecular flexibility index (Phi) is 26.4. The summed E-state index contributed by atoms with van der Waals surface area (Å²) in [7, 11) is 3.78. The molecule has 0 bridgehead atoms. The van der Waals surface area contributed by atoms with Gasteiger partial charge < -0.3 is 25.5 Å². The van der Waals surface area contributed by atoms with Gasteiger partial charge in [-0.25, -0.2) is 13.2 Å². The Morgan fingerprint density at radius 1 is 0.429 bits per heavy atom. The fourth-order valence-electron chi connectivity index (χ4n) is 12.7. The first-order chi connectivity index (χ1) is 43.3. The van der Waals surface area contributed by atoms with Crippen molar-refractivity contribution in [3.05, 3.63) is 213 Å². The average molecular weight is 1250 g/mol. The monoisotopic (exact) mass is 1250 g/mol. The number of carbonyl (C=O) groups is 6. The van der Waals surface area contributed by atoms with E-state index in [2.05, 4.69) is 24.5 Å². The van der Waals surface area contributed by atoms with Crippen molar-refractivity contribution in [1.82, 2.24) is 25.3 Å². The number of Topliss-reactive ketones (excluding diaryl/α,β-unsaturated/α-hetero) is 3. The summed E-state index contributed by atoms with van der Waals surface area (Å²) < 4.78 is 40.4. The van der Waals surface area contributed by atoms with E-state index in [9.17, 15) is 41.9 Å². The third kappa shape index (κ3) is 17.9. The van der Waals surface area contributed by atoms with Gasteiger partial charge in [0.1, 0.15) is 17.5 Å². The number of carboxylic acids is 1. The Bertz CT molecular complexity index is 3190. The van der Waals surface area contributed by atoms with Crippen molar-refractivity contribution in [3.63, 3.8) is 0 Å². The lowest BCUT2D eigenvalue weighted by Crippen LogP contribution is -2.52. The van der Waals surface area contributed by atoms with E-state index in [0.29, 0.717) is 81.4 Å². The van der Waals surface area contributed by atoms with Gasteiger partial charge in [-0.15, -0.1) is 0 Å². The molecular weight excluding hydrogens is 1150 g/mol. The first kappa shape index (κ1) is 72.5. The first-order valence-corrected chi connectivity index (χ1v) is 32.3. The van der Waals surface area contributed by atoms with Crippen LogP contribution in [0.4, 0.5) is 13.2 Å². The molecule has 12 nitrogen and oxygen atoms in total. The zero-order chi connectivity index (χ0) is 66.8. The molecule has 8 rings (SSSR count). The number of likely N-dealkylation sites (N-methyl/N-ethyl adjacent to an activating group) is 1. The van der Waals surface area contributed by atoms with Gasteiger partial charge in [0.15, 0.2) is 17.3 Å². The van der Waals surface area contributed by atoms with Crippen LogP contribution in [0.25, 0.3) is 0 Å². The van der Waals surface area contributed by atoms with Crippen LogP contribution in [0.15, 0.2) is 146 Å². The average Bonchev–Trinajstić information content (AvgIpc) is 1.17. The SMILES string of the molecule is C1CNCCN1.CCC(Cc1ccc(C(C)C(=O)N2CCN(C(=O)C(C)c3ccc(CC(CC)(C(=O)c4ccc(F)cc4)N(C)C)cc3)CC2)cc1)(C(=O)c1ccc(F)cc1)C(C)C.CCC(Cc1ccc(C(C)C(=O)O)cc1)(C(=O)c1ccc(F)cc1)C(C)C. The number of benzene rings is 6. The summed E-state index contributed by atoms with van der Waals surface area (Å²) in [6, 6.07) is 40.5. The molecule has 15 heteroatoms. The Morgan fingerprint density at radius 2 is 0.714 bits per heavy atom. The van der Waals surface area contributed by atoms with E-state index in [1.807, 2.05) is 150 Å². The van der Waals surface area contributed by atoms with Crippen LogP contribution in [-0.2, 0) is 33.6 Å². The van der Waals surface area contributed by atoms with E-state index in [1.54, 1.807) is 31.2 Å². The summed E-state index contributed by atoms with van der Waals surface area (Å²) in [5, 5.41) is 15.6. The number of carboxylic acid groups (broad SMARTS) is 1. The zero-order valence-electron chi connectivity index (χ0n) is 55.5. The summed E-state index contributed by atoms with van der Waals surface area (Å²) in [6.07, 6.45) is 3.42. The number of amides is 2. The molecule has 0 aliphatic carbocycles. The Balaban J connectivity index is 0.000000327. The van der Waals surface area contributed by atoms with Crippen LogP contribution in [0.1, 0.15) is 171 Å². The van der Waals surface area contributed by atoms with E-state index in [0.717, 1.165) is 59.6 Å². The molecule has 6 aromatic carbocycles. The van der Waals surface area contributed by atoms with Crippen molar-refractivity contribution >= 4 is 35.1 Å². The number of hydrogen-bond donors (Lipinski definition) is 3. The van der Waals surface area contributed by atoms with Gasteiger partial charge >= 0.3 is 5.97 Å². The van der Waals surface area contributed by atoms with Crippen LogP contribution in [0.3, 0.4) is 0 Å². The maximum Gasteiger partial charge on any atom is 0.310 e. The summed E-state index contributed by atoms with van der Waals surface area (Å²) in [6.45, 7) is 26.0. The van der Waals surface area contributed by atoms with Gasteiger partial charge in [0.25, 0.3) is 0 Å². The predicted molar refractivity (Wildman–Crippen MR) is 356 cm³/mol. The number of aliphatic carboxylic acids is 1. The zero-order valence-corrected chi connectivity index (χ0v) is 55.5. The van der Waals surface area contributed by atoms with Crippen molar-refractivity contribution in [1.29, 1.82) is 0 Å². The molecule has 2 saturated heterocycles. The van der Waals surface area contributed by atoms with E-state index in [1.165, 1.54) is 48.5 Å². The highest BCUT2D eigenvalue weighted by atomic mass is 19.1. The number of piperazine rings is 2. The predicted octanol–water partition coefficient (Wildman–Crippen LogP) is 13.8. The first-order valence-electron chi connectivity index (χ1n) is 32.3. The Labute approximate surface area is 538 Å². The molecule has 91 heavy (non-hydrogen) atoms. The topological polar surface area (TPSA) is 156 Å². The van der Waals surface area contributed by atoms with Gasteiger partial charge in [-0.1, -0.05) is 121 Å². The van der Waals surface area contributed by atoms with E-state index < -0.39 is 28.3 Å². The Hall–Kier alpha value is -7.59. The van der Waals surface area contributed by atoms with Gasteiger partial charge in [0, 0.05) is 79.9 Å². The van der Waals surface area contributed by atoms with Gasteiger partial charge in [-0.3, -0.25) is 33.7 Å². The largest absolute Gasteiger partial charge is 0.481 e. The molecule has 2 aliphatic rings. The van der Waals surface area contributed by atoms with Crippen LogP contribution < -0.4 is 10.6 Å². The number of nitrogens with zero attached hydrogens (tertiary/aromatic N) is 3. The molecule has 0 aromatic heterocycles. The number of ketones is 3. The van der Waals surface area contributed by atoms with Crippen molar-refractivity contribution in [3.8, 4) is 0 Å². The molecule has 0 saturated carbocycles. The highest BCUT2D eigenvalue weighted by molar-refractivity contribution is 6.04. The number of halogens is 3. The number of carbonyl (C=O) groups excluding carboxylic acids is 5. The molecule has 488 valence electrons. The minimum absolute atomic E-state index is 0.00799. The van der Waals surface area contributed by atoms with Gasteiger partial charge in [0.2, 0.25) is 11.8 Å². The van der Waals surface area contributed by atoms with E-state index in [-0.39, 0.29) is 70.3 Å². The number of nitrogens with one attached hydrogen (secondary N) is 2. The molecular formula is C76H96F3N5O7. The minimum Gasteiger partial charge on any atom is -0.481 e. The van der Waals surface area contributed by atoms with Crippen LogP contribution in [0.5, 0.6) is 0 Å². The molecule has 0 spiro atoms. The molecule has 6 unspecified atom stereocenters. The van der Waals surface area contributed by atoms with E-state index >= 15 is 0 Å². The molecule has 2 fully saturated rings. The molecule has 2 amide bonds. The fraction of sp³-hybridized carbons (Fsp3) is 0.447. The normalized spacial score (nSPS) is 16.4. The highest BCUT2D eigenvalue weighted by Gasteiger charge is 2.43. The highest BCUT2D eigenvalue weighted by Crippen LogP contribution is 2.41. The summed E-state index contributed by atoms with van der Waals surface area (Å²) in [5.74, 6) is -3.17. The maximum absolute atomic E-state index is 13.8. The number of rotatable bonds is 24. The molecule has 2 heterocycles. The Morgan fingerprint density at radius 3 is 0.967 bits per heavy atom. The minimum atomic E-state index is -0.862. The summed E-state index contributed by atoms with van der Waals surface area (Å²) in [4.78, 5) is 85.0. The number of hydrogen-bond acceptors (Lipinski definition) is 9. The lowest BCUT2D eigenvalue weighted by atomic mass is 9.66.